The zero-order chi connectivity index (χ0) is 24.2. The van der Waals surface area contributed by atoms with Gasteiger partial charge in [-0.15, -0.1) is 0 Å². The molecule has 0 atom stereocenters. The molecule has 3 N–H and O–H groups in total. The lowest BCUT2D eigenvalue weighted by Gasteiger charge is -2.10. The molecule has 34 heavy (non-hydrogen) atoms. The molecule has 0 aliphatic rings. The smallest absolute Gasteiger partial charge is 0.316 e. The predicted octanol–water partition coefficient (Wildman–Crippen LogP) is 2.85. The number of carbonyl (C=O) groups is 1. The number of aromatic nitrogens is 5. The second kappa shape index (κ2) is 9.40. The molecule has 12 heteroatoms. The summed E-state index contributed by atoms with van der Waals surface area (Å²) in [6.45, 7) is 0. The number of methoxy groups -OCH3 is 1. The van der Waals surface area contributed by atoms with Crippen LogP contribution in [-0.2, 0) is 7.05 Å². The van der Waals surface area contributed by atoms with Gasteiger partial charge in [-0.2, -0.15) is 10.1 Å². The number of hydrogen-bond donors (Lipinski definition) is 2. The first-order chi connectivity index (χ1) is 16.4. The molecule has 10 nitrogen and oxygen atoms in total. The van der Waals surface area contributed by atoms with Crippen LogP contribution in [0.15, 0.2) is 60.0 Å². The first-order valence-corrected chi connectivity index (χ1v) is 9.82. The van der Waals surface area contributed by atoms with Crippen molar-refractivity contribution in [3.8, 4) is 17.3 Å². The van der Waals surface area contributed by atoms with E-state index in [1.54, 1.807) is 24.3 Å². The molecule has 0 spiro atoms. The lowest BCUT2D eigenvalue weighted by molar-refractivity contribution is 0.101. The number of aliphatic imine (C=N–C) groups is 1. The van der Waals surface area contributed by atoms with Crippen LogP contribution in [0.2, 0.25) is 0 Å². The van der Waals surface area contributed by atoms with E-state index < -0.39 is 17.5 Å². The van der Waals surface area contributed by atoms with Crippen molar-refractivity contribution >= 4 is 23.2 Å². The van der Waals surface area contributed by atoms with E-state index in [0.717, 1.165) is 12.4 Å². The highest BCUT2D eigenvalue weighted by molar-refractivity contribution is 6.07. The highest BCUT2D eigenvalue weighted by atomic mass is 19.1. The van der Waals surface area contributed by atoms with Gasteiger partial charge in [0.1, 0.15) is 17.2 Å². The van der Waals surface area contributed by atoms with Gasteiger partial charge in [0.05, 0.1) is 37.0 Å². The molecular weight excluding hydrogens is 446 g/mol. The Morgan fingerprint density at radius 3 is 2.59 bits per heavy atom. The molecule has 0 aliphatic carbocycles. The normalized spacial score (nSPS) is 11.4. The van der Waals surface area contributed by atoms with Crippen molar-refractivity contribution < 1.29 is 18.3 Å². The number of nitrogens with one attached hydrogen (secondary N) is 1. The molecule has 4 rings (SSSR count). The molecule has 1 amide bonds. The number of hydrogen-bond acceptors (Lipinski definition) is 7. The number of rotatable bonds is 6. The van der Waals surface area contributed by atoms with Crippen LogP contribution in [0.4, 0.5) is 20.3 Å². The van der Waals surface area contributed by atoms with Gasteiger partial charge in [0.25, 0.3) is 5.91 Å². The number of benzene rings is 1. The molecule has 3 aromatic heterocycles. The van der Waals surface area contributed by atoms with E-state index in [-0.39, 0.29) is 40.3 Å². The standard InChI is InChI=1S/C22H18F2N8O2/c1-32-19(13(9-28-32)18-15(24)11-27-22(31-18)34-2)21(33)29-16-8-17(26-10-14(16)23)30-20(25)12-6-4-3-5-7-12/h3-11H,1-2H3,(H3,25,26,29,30,33). The lowest BCUT2D eigenvalue weighted by Crippen LogP contribution is -2.18. The number of anilines is 1. The van der Waals surface area contributed by atoms with Crippen molar-refractivity contribution in [1.82, 2.24) is 24.7 Å². The van der Waals surface area contributed by atoms with Gasteiger partial charge in [0.15, 0.2) is 17.5 Å². The van der Waals surface area contributed by atoms with Crippen molar-refractivity contribution in [3.63, 3.8) is 0 Å². The van der Waals surface area contributed by atoms with Crippen LogP contribution in [0.3, 0.4) is 0 Å². The van der Waals surface area contributed by atoms with Crippen molar-refractivity contribution in [1.29, 1.82) is 0 Å². The summed E-state index contributed by atoms with van der Waals surface area (Å²) in [5.41, 5.74) is 6.26. The maximum Gasteiger partial charge on any atom is 0.316 e. The SMILES string of the molecule is COc1ncc(F)c(-c2cnn(C)c2C(=O)Nc2cc(N=C(N)c3ccccc3)ncc2F)n1. The Hall–Kier alpha value is -4.74. The van der Waals surface area contributed by atoms with Crippen molar-refractivity contribution in [3.05, 3.63) is 77.9 Å². The van der Waals surface area contributed by atoms with Gasteiger partial charge in [0, 0.05) is 18.7 Å². The van der Waals surface area contributed by atoms with E-state index >= 15 is 0 Å². The largest absolute Gasteiger partial charge is 0.467 e. The molecule has 0 fully saturated rings. The third-order valence-electron chi connectivity index (χ3n) is 4.71. The van der Waals surface area contributed by atoms with Gasteiger partial charge in [0.2, 0.25) is 0 Å². The fourth-order valence-electron chi connectivity index (χ4n) is 3.08. The third-order valence-corrected chi connectivity index (χ3v) is 4.71. The second-order valence-corrected chi connectivity index (χ2v) is 6.92. The van der Waals surface area contributed by atoms with E-state index in [0.29, 0.717) is 5.56 Å². The zero-order valence-electron chi connectivity index (χ0n) is 18.0. The van der Waals surface area contributed by atoms with Crippen molar-refractivity contribution in [2.24, 2.45) is 17.8 Å². The number of amides is 1. The lowest BCUT2D eigenvalue weighted by atomic mass is 10.1. The highest BCUT2D eigenvalue weighted by Gasteiger charge is 2.23. The average Bonchev–Trinajstić information content (AvgIpc) is 3.23. The fourth-order valence-corrected chi connectivity index (χ4v) is 3.08. The minimum Gasteiger partial charge on any atom is -0.467 e. The fraction of sp³-hybridized carbons (Fsp3) is 0.0909. The molecule has 3 heterocycles. The van der Waals surface area contributed by atoms with Crippen LogP contribution in [-0.4, -0.2) is 43.6 Å². The van der Waals surface area contributed by atoms with E-state index in [2.05, 4.69) is 30.4 Å². The van der Waals surface area contributed by atoms with Crippen LogP contribution in [0.1, 0.15) is 16.1 Å². The monoisotopic (exact) mass is 464 g/mol. The number of amidine groups is 1. The summed E-state index contributed by atoms with van der Waals surface area (Å²) in [5.74, 6) is -2.10. The van der Waals surface area contributed by atoms with Crippen LogP contribution in [0, 0.1) is 11.6 Å². The average molecular weight is 464 g/mol. The van der Waals surface area contributed by atoms with E-state index in [1.165, 1.54) is 31.1 Å². The van der Waals surface area contributed by atoms with Crippen molar-refractivity contribution in [2.45, 2.75) is 0 Å². The molecule has 172 valence electrons. The summed E-state index contributed by atoms with van der Waals surface area (Å²) in [5, 5.41) is 6.45. The molecule has 0 aliphatic heterocycles. The molecule has 0 bridgehead atoms. The molecule has 0 saturated carbocycles. The van der Waals surface area contributed by atoms with Gasteiger partial charge >= 0.3 is 6.01 Å². The van der Waals surface area contributed by atoms with E-state index in [4.69, 9.17) is 10.5 Å². The Labute approximate surface area is 192 Å². The summed E-state index contributed by atoms with van der Waals surface area (Å²) in [6.07, 6.45) is 3.09. The molecule has 1 aromatic carbocycles. The van der Waals surface area contributed by atoms with Gasteiger partial charge in [-0.1, -0.05) is 30.3 Å². The Morgan fingerprint density at radius 2 is 1.85 bits per heavy atom. The number of carbonyl (C=O) groups excluding carboxylic acids is 1. The predicted molar refractivity (Wildman–Crippen MR) is 120 cm³/mol. The Morgan fingerprint density at radius 1 is 1.12 bits per heavy atom. The van der Waals surface area contributed by atoms with Gasteiger partial charge in [-0.3, -0.25) is 9.48 Å². The van der Waals surface area contributed by atoms with Crippen molar-refractivity contribution in [2.75, 3.05) is 12.4 Å². The minimum atomic E-state index is -0.802. The number of nitrogens with two attached hydrogens (primary N) is 1. The Balaban J connectivity index is 1.66. The highest BCUT2D eigenvalue weighted by Crippen LogP contribution is 2.27. The summed E-state index contributed by atoms with van der Waals surface area (Å²) < 4.78 is 35.0. The maximum atomic E-state index is 14.4. The van der Waals surface area contributed by atoms with Gasteiger partial charge in [-0.25, -0.2) is 23.7 Å². The summed E-state index contributed by atoms with van der Waals surface area (Å²) in [6, 6.07) is 10.1. The van der Waals surface area contributed by atoms with Crippen LogP contribution < -0.4 is 15.8 Å². The quantitative estimate of drug-likeness (QED) is 0.331. The number of ether oxygens (including phenoxy) is 1. The first-order valence-electron chi connectivity index (χ1n) is 9.82. The molecule has 0 unspecified atom stereocenters. The molecule has 4 aromatic rings. The first kappa shape index (κ1) is 22.5. The minimum absolute atomic E-state index is 0.0651. The number of aryl methyl sites for hydroxylation is 1. The Bertz CT molecular complexity index is 1390. The second-order valence-electron chi connectivity index (χ2n) is 6.92. The Kier molecular flexibility index (Phi) is 6.21. The van der Waals surface area contributed by atoms with Crippen LogP contribution in [0.5, 0.6) is 6.01 Å². The summed E-state index contributed by atoms with van der Waals surface area (Å²) >= 11 is 0. The van der Waals surface area contributed by atoms with Gasteiger partial charge in [-0.05, 0) is 0 Å². The van der Waals surface area contributed by atoms with Crippen LogP contribution >= 0.6 is 0 Å². The number of halogens is 2. The number of pyridine rings is 1. The van der Waals surface area contributed by atoms with E-state index in [1.807, 2.05) is 6.07 Å². The summed E-state index contributed by atoms with van der Waals surface area (Å²) in [4.78, 5) is 28.8. The summed E-state index contributed by atoms with van der Waals surface area (Å²) in [7, 11) is 2.80. The topological polar surface area (TPSA) is 133 Å². The molecular formula is C22H18F2N8O2. The molecule has 0 radical (unpaired) electrons. The van der Waals surface area contributed by atoms with E-state index in [9.17, 15) is 13.6 Å². The maximum absolute atomic E-state index is 14.4. The van der Waals surface area contributed by atoms with Crippen LogP contribution in [0.25, 0.3) is 11.3 Å². The van der Waals surface area contributed by atoms with Gasteiger partial charge < -0.3 is 15.8 Å². The molecule has 0 saturated heterocycles. The zero-order valence-corrected chi connectivity index (χ0v) is 18.0. The third kappa shape index (κ3) is 4.55. The number of nitrogens with zero attached hydrogens (tertiary/aromatic N) is 6.